The van der Waals surface area contributed by atoms with Crippen LogP contribution in [-0.4, -0.2) is 22.7 Å². The third kappa shape index (κ3) is 3.47. The lowest BCUT2D eigenvalue weighted by molar-refractivity contribution is -0.141. The highest BCUT2D eigenvalue weighted by Crippen LogP contribution is 2.20. The topological polar surface area (TPSA) is 51.1 Å². The summed E-state index contributed by atoms with van der Waals surface area (Å²) in [5.41, 5.74) is -1.13. The van der Waals surface area contributed by atoms with Gasteiger partial charge in [0, 0.05) is 11.4 Å². The van der Waals surface area contributed by atoms with Crippen LogP contribution in [0.25, 0.3) is 10.8 Å². The van der Waals surface area contributed by atoms with Crippen LogP contribution in [0.2, 0.25) is 0 Å². The second-order valence-electron chi connectivity index (χ2n) is 5.25. The van der Waals surface area contributed by atoms with Crippen molar-refractivity contribution in [2.45, 2.75) is 32.6 Å². The number of halogens is 3. The van der Waals surface area contributed by atoms with Gasteiger partial charge in [0.25, 0.3) is 11.5 Å². The van der Waals surface area contributed by atoms with Gasteiger partial charge in [-0.05, 0) is 31.4 Å². The van der Waals surface area contributed by atoms with Gasteiger partial charge >= 0.3 is 6.18 Å². The average Bonchev–Trinajstić information content (AvgIpc) is 2.39. The number of pyridine rings is 1. The number of benzene rings is 1. The minimum absolute atomic E-state index is 0.146. The van der Waals surface area contributed by atoms with Crippen LogP contribution < -0.4 is 10.9 Å². The quantitative estimate of drug-likeness (QED) is 0.947. The number of carbonyl (C=O) groups is 1. The molecule has 0 fully saturated rings. The Morgan fingerprint density at radius 3 is 2.50 bits per heavy atom. The first kappa shape index (κ1) is 16.1. The molecule has 0 aliphatic carbocycles. The zero-order valence-corrected chi connectivity index (χ0v) is 12.1. The predicted octanol–water partition coefficient (Wildman–Crippen LogP) is 2.70. The Labute approximate surface area is 124 Å². The van der Waals surface area contributed by atoms with E-state index < -0.39 is 24.2 Å². The molecule has 1 N–H and O–H groups in total. The molecule has 0 bridgehead atoms. The molecule has 4 nitrogen and oxygen atoms in total. The second kappa shape index (κ2) is 5.82. The van der Waals surface area contributed by atoms with E-state index in [0.29, 0.717) is 9.95 Å². The van der Waals surface area contributed by atoms with Crippen molar-refractivity contribution in [1.82, 2.24) is 9.88 Å². The smallest absolute Gasteiger partial charge is 0.349 e. The number of rotatable bonds is 3. The van der Waals surface area contributed by atoms with Gasteiger partial charge in [0.05, 0.1) is 0 Å². The Kier molecular flexibility index (Phi) is 4.25. The minimum Gasteiger partial charge on any atom is -0.349 e. The van der Waals surface area contributed by atoms with Crippen molar-refractivity contribution in [3.63, 3.8) is 0 Å². The Hall–Kier alpha value is -2.31. The van der Waals surface area contributed by atoms with Crippen molar-refractivity contribution in [3.05, 3.63) is 46.4 Å². The predicted molar refractivity (Wildman–Crippen MR) is 76.9 cm³/mol. The van der Waals surface area contributed by atoms with Gasteiger partial charge in [0.2, 0.25) is 0 Å². The first-order valence-corrected chi connectivity index (χ1v) is 6.69. The molecule has 1 amide bonds. The van der Waals surface area contributed by atoms with Gasteiger partial charge in [0.1, 0.15) is 12.2 Å². The molecule has 0 spiro atoms. The first-order chi connectivity index (χ1) is 10.2. The number of carbonyl (C=O) groups excluding carboxylic acids is 1. The lowest BCUT2D eigenvalue weighted by Crippen LogP contribution is -2.38. The highest BCUT2D eigenvalue weighted by molar-refractivity contribution is 5.96. The minimum atomic E-state index is -4.60. The van der Waals surface area contributed by atoms with Crippen molar-refractivity contribution in [3.8, 4) is 0 Å². The van der Waals surface area contributed by atoms with E-state index in [4.69, 9.17) is 0 Å². The summed E-state index contributed by atoms with van der Waals surface area (Å²) in [5, 5.41) is 3.09. The van der Waals surface area contributed by atoms with E-state index >= 15 is 0 Å². The van der Waals surface area contributed by atoms with Gasteiger partial charge in [-0.1, -0.05) is 18.2 Å². The molecular formula is C15H15F3N2O2. The van der Waals surface area contributed by atoms with E-state index in [1.165, 1.54) is 12.1 Å². The lowest BCUT2D eigenvalue weighted by atomic mass is 10.1. The maximum absolute atomic E-state index is 12.7. The van der Waals surface area contributed by atoms with Crippen LogP contribution in [0.15, 0.2) is 35.1 Å². The zero-order chi connectivity index (χ0) is 16.5. The molecule has 0 radical (unpaired) electrons. The molecule has 0 saturated heterocycles. The SMILES string of the molecule is CC(C)NC(=O)c1cc2ccccc2c(=O)n1CC(F)(F)F. The summed E-state index contributed by atoms with van der Waals surface area (Å²) in [5.74, 6) is -0.706. The summed E-state index contributed by atoms with van der Waals surface area (Å²) < 4.78 is 38.7. The zero-order valence-electron chi connectivity index (χ0n) is 12.1. The van der Waals surface area contributed by atoms with Crippen LogP contribution in [0.5, 0.6) is 0 Å². The summed E-state index contributed by atoms with van der Waals surface area (Å²) in [6.07, 6.45) is -4.60. The highest BCUT2D eigenvalue weighted by Gasteiger charge is 2.31. The molecule has 0 saturated carbocycles. The van der Waals surface area contributed by atoms with Crippen molar-refractivity contribution < 1.29 is 18.0 Å². The molecule has 0 aliphatic heterocycles. The summed E-state index contributed by atoms with van der Waals surface area (Å²) in [6.45, 7) is 1.87. The van der Waals surface area contributed by atoms with Crippen LogP contribution in [0.1, 0.15) is 24.3 Å². The maximum atomic E-state index is 12.7. The summed E-state index contributed by atoms with van der Waals surface area (Å²) >= 11 is 0. The molecular weight excluding hydrogens is 297 g/mol. The van der Waals surface area contributed by atoms with E-state index in [9.17, 15) is 22.8 Å². The molecule has 1 aromatic carbocycles. The Morgan fingerprint density at radius 2 is 1.91 bits per heavy atom. The molecule has 0 atom stereocenters. The van der Waals surface area contributed by atoms with E-state index in [0.717, 1.165) is 0 Å². The third-order valence-corrected chi connectivity index (χ3v) is 3.01. The van der Waals surface area contributed by atoms with Gasteiger partial charge in [0.15, 0.2) is 0 Å². The number of hydrogen-bond donors (Lipinski definition) is 1. The van der Waals surface area contributed by atoms with Crippen LogP contribution in [0.3, 0.4) is 0 Å². The van der Waals surface area contributed by atoms with E-state index in [1.807, 2.05) is 0 Å². The molecule has 2 rings (SSSR count). The molecule has 0 aliphatic rings. The molecule has 7 heteroatoms. The molecule has 1 aromatic heterocycles. The number of nitrogens with one attached hydrogen (secondary N) is 1. The molecule has 2 aromatic rings. The monoisotopic (exact) mass is 312 g/mol. The third-order valence-electron chi connectivity index (χ3n) is 3.01. The van der Waals surface area contributed by atoms with Crippen molar-refractivity contribution in [2.75, 3.05) is 0 Å². The van der Waals surface area contributed by atoms with Gasteiger partial charge in [-0.2, -0.15) is 13.2 Å². The number of amides is 1. The summed E-state index contributed by atoms with van der Waals surface area (Å²) in [4.78, 5) is 24.4. The Morgan fingerprint density at radius 1 is 1.27 bits per heavy atom. The van der Waals surface area contributed by atoms with Crippen LogP contribution in [-0.2, 0) is 6.54 Å². The fraction of sp³-hybridized carbons (Fsp3) is 0.333. The average molecular weight is 312 g/mol. The first-order valence-electron chi connectivity index (χ1n) is 6.69. The van der Waals surface area contributed by atoms with Crippen molar-refractivity contribution in [1.29, 1.82) is 0 Å². The second-order valence-corrected chi connectivity index (χ2v) is 5.25. The highest BCUT2D eigenvalue weighted by atomic mass is 19.4. The largest absolute Gasteiger partial charge is 0.406 e. The molecule has 22 heavy (non-hydrogen) atoms. The number of aromatic nitrogens is 1. The van der Waals surface area contributed by atoms with E-state index in [-0.39, 0.29) is 17.1 Å². The van der Waals surface area contributed by atoms with Gasteiger partial charge in [-0.15, -0.1) is 0 Å². The lowest BCUT2D eigenvalue weighted by Gasteiger charge is -2.17. The van der Waals surface area contributed by atoms with Gasteiger partial charge in [-0.25, -0.2) is 0 Å². The standard InChI is InChI=1S/C15H15F3N2O2/c1-9(2)19-13(21)12-7-10-5-3-4-6-11(10)14(22)20(12)8-15(16,17)18/h3-7,9H,8H2,1-2H3,(H,19,21). The number of nitrogens with zero attached hydrogens (tertiary/aromatic N) is 1. The Bertz CT molecular complexity index is 763. The van der Waals surface area contributed by atoms with Crippen molar-refractivity contribution in [2.24, 2.45) is 0 Å². The van der Waals surface area contributed by atoms with Gasteiger partial charge in [-0.3, -0.25) is 14.2 Å². The fourth-order valence-corrected chi connectivity index (χ4v) is 2.16. The maximum Gasteiger partial charge on any atom is 0.406 e. The number of alkyl halides is 3. The Balaban J connectivity index is 2.68. The number of hydrogen-bond acceptors (Lipinski definition) is 2. The van der Waals surface area contributed by atoms with E-state index in [2.05, 4.69) is 5.32 Å². The van der Waals surface area contributed by atoms with Crippen molar-refractivity contribution >= 4 is 16.7 Å². The molecule has 0 unspecified atom stereocenters. The normalized spacial score (nSPS) is 11.9. The number of fused-ring (bicyclic) bond motifs is 1. The fourth-order valence-electron chi connectivity index (χ4n) is 2.16. The van der Waals surface area contributed by atoms with Crippen LogP contribution >= 0.6 is 0 Å². The van der Waals surface area contributed by atoms with Gasteiger partial charge < -0.3 is 5.32 Å². The molecule has 1 heterocycles. The van der Waals surface area contributed by atoms with Crippen LogP contribution in [0, 0.1) is 0 Å². The summed E-state index contributed by atoms with van der Waals surface area (Å²) in [6, 6.07) is 7.29. The molecule has 118 valence electrons. The summed E-state index contributed by atoms with van der Waals surface area (Å²) in [7, 11) is 0. The van der Waals surface area contributed by atoms with E-state index in [1.54, 1.807) is 32.0 Å². The van der Waals surface area contributed by atoms with Crippen LogP contribution in [0.4, 0.5) is 13.2 Å².